The molecule has 0 bridgehead atoms. The third-order valence-corrected chi connectivity index (χ3v) is 3.24. The molecule has 1 aromatic carbocycles. The second-order valence-electron chi connectivity index (χ2n) is 5.75. The average molecular weight is 308 g/mol. The number of rotatable bonds is 7. The molecule has 4 N–H and O–H groups in total. The van der Waals surface area contributed by atoms with Crippen LogP contribution in [0.4, 0.5) is 4.39 Å². The van der Waals surface area contributed by atoms with E-state index in [1.54, 1.807) is 19.9 Å². The van der Waals surface area contributed by atoms with Crippen LogP contribution in [0.3, 0.4) is 0 Å². The molecule has 1 rings (SSSR count). The summed E-state index contributed by atoms with van der Waals surface area (Å²) in [7, 11) is 0. The summed E-state index contributed by atoms with van der Waals surface area (Å²) in [6, 6.07) is 6.51. The summed E-state index contributed by atoms with van der Waals surface area (Å²) in [6.45, 7) is 7.11. The van der Waals surface area contributed by atoms with E-state index in [9.17, 15) is 9.18 Å². The van der Waals surface area contributed by atoms with Crippen LogP contribution in [0.15, 0.2) is 29.3 Å². The number of benzene rings is 1. The van der Waals surface area contributed by atoms with E-state index in [1.165, 1.54) is 12.1 Å². The first-order valence-corrected chi connectivity index (χ1v) is 7.41. The third-order valence-electron chi connectivity index (χ3n) is 3.24. The lowest BCUT2D eigenvalue weighted by atomic mass is 9.93. The number of hydrogen-bond donors (Lipinski definition) is 3. The van der Waals surface area contributed by atoms with Gasteiger partial charge in [0, 0.05) is 13.1 Å². The van der Waals surface area contributed by atoms with Crippen LogP contribution in [-0.4, -0.2) is 31.5 Å². The number of halogens is 1. The maximum Gasteiger partial charge on any atom is 0.224 e. The van der Waals surface area contributed by atoms with Crippen molar-refractivity contribution in [1.82, 2.24) is 10.6 Å². The van der Waals surface area contributed by atoms with E-state index in [4.69, 9.17) is 5.73 Å². The molecule has 0 aliphatic rings. The van der Waals surface area contributed by atoms with Gasteiger partial charge in [-0.25, -0.2) is 4.39 Å². The lowest BCUT2D eigenvalue weighted by Crippen LogP contribution is -2.40. The van der Waals surface area contributed by atoms with Crippen molar-refractivity contribution in [2.45, 2.75) is 27.2 Å². The molecular formula is C16H25FN4O. The zero-order chi connectivity index (χ0) is 16.6. The SMILES string of the molecule is CCNC(=NCC(C)(C)C(N)=O)NCCc1cccc(F)c1. The Balaban J connectivity index is 2.55. The van der Waals surface area contributed by atoms with Crippen LogP contribution >= 0.6 is 0 Å². The van der Waals surface area contributed by atoms with E-state index in [1.807, 2.05) is 13.0 Å². The molecule has 5 nitrogen and oxygen atoms in total. The van der Waals surface area contributed by atoms with Crippen molar-refractivity contribution in [1.29, 1.82) is 0 Å². The van der Waals surface area contributed by atoms with Crippen molar-refractivity contribution < 1.29 is 9.18 Å². The van der Waals surface area contributed by atoms with E-state index < -0.39 is 5.41 Å². The van der Waals surface area contributed by atoms with Crippen LogP contribution in [0.2, 0.25) is 0 Å². The molecule has 0 radical (unpaired) electrons. The van der Waals surface area contributed by atoms with Crippen molar-refractivity contribution in [3.8, 4) is 0 Å². The minimum absolute atomic E-state index is 0.235. The number of hydrogen-bond acceptors (Lipinski definition) is 2. The lowest BCUT2D eigenvalue weighted by molar-refractivity contribution is -0.125. The highest BCUT2D eigenvalue weighted by Crippen LogP contribution is 2.13. The molecule has 0 aliphatic heterocycles. The molecule has 22 heavy (non-hydrogen) atoms. The number of nitrogens with one attached hydrogen (secondary N) is 2. The molecule has 0 aromatic heterocycles. The number of aliphatic imine (C=N–C) groups is 1. The summed E-state index contributed by atoms with van der Waals surface area (Å²) in [5, 5.41) is 6.27. The molecule has 0 saturated heterocycles. The van der Waals surface area contributed by atoms with Gasteiger partial charge in [0.05, 0.1) is 12.0 Å². The van der Waals surface area contributed by atoms with Gasteiger partial charge in [0.15, 0.2) is 5.96 Å². The average Bonchev–Trinajstić information content (AvgIpc) is 2.44. The van der Waals surface area contributed by atoms with Gasteiger partial charge < -0.3 is 16.4 Å². The summed E-state index contributed by atoms with van der Waals surface area (Å²) in [5.74, 6) is 0.00127. The molecule has 6 heteroatoms. The Bertz CT molecular complexity index is 529. The maximum atomic E-state index is 13.1. The smallest absolute Gasteiger partial charge is 0.224 e. The first-order valence-electron chi connectivity index (χ1n) is 7.41. The van der Waals surface area contributed by atoms with Gasteiger partial charge in [-0.3, -0.25) is 9.79 Å². The van der Waals surface area contributed by atoms with Crippen molar-refractivity contribution in [2.75, 3.05) is 19.6 Å². The van der Waals surface area contributed by atoms with Crippen LogP contribution in [-0.2, 0) is 11.2 Å². The number of carbonyl (C=O) groups is 1. The summed E-state index contributed by atoms with van der Waals surface area (Å²) in [4.78, 5) is 15.7. The second-order valence-corrected chi connectivity index (χ2v) is 5.75. The van der Waals surface area contributed by atoms with Gasteiger partial charge in [-0.05, 0) is 44.9 Å². The summed E-state index contributed by atoms with van der Waals surface area (Å²) >= 11 is 0. The fraction of sp³-hybridized carbons (Fsp3) is 0.500. The molecule has 0 atom stereocenters. The molecule has 0 fully saturated rings. The van der Waals surface area contributed by atoms with Gasteiger partial charge in [-0.15, -0.1) is 0 Å². The van der Waals surface area contributed by atoms with Gasteiger partial charge >= 0.3 is 0 Å². The van der Waals surface area contributed by atoms with Crippen LogP contribution < -0.4 is 16.4 Å². The normalized spacial score (nSPS) is 12.1. The molecule has 1 aromatic rings. The Hall–Kier alpha value is -2.11. The van der Waals surface area contributed by atoms with Crippen LogP contribution in [0.5, 0.6) is 0 Å². The standard InChI is InChI=1S/C16H25FN4O/c1-4-19-15(21-11-16(2,3)14(18)22)20-9-8-12-6-5-7-13(17)10-12/h5-7,10H,4,8-9,11H2,1-3H3,(H2,18,22)(H2,19,20,21). The number of nitrogens with zero attached hydrogens (tertiary/aromatic N) is 1. The third kappa shape index (κ3) is 6.11. The molecule has 0 heterocycles. The Labute approximate surface area is 131 Å². The lowest BCUT2D eigenvalue weighted by Gasteiger charge is -2.19. The van der Waals surface area contributed by atoms with E-state index >= 15 is 0 Å². The molecule has 0 aliphatic carbocycles. The van der Waals surface area contributed by atoms with Gasteiger partial charge in [0.2, 0.25) is 5.91 Å². The first-order chi connectivity index (χ1) is 10.3. The quantitative estimate of drug-likeness (QED) is 0.527. The molecule has 0 unspecified atom stereocenters. The zero-order valence-electron chi connectivity index (χ0n) is 13.4. The van der Waals surface area contributed by atoms with Gasteiger partial charge in [-0.1, -0.05) is 12.1 Å². The Kier molecular flexibility index (Phi) is 6.82. The highest BCUT2D eigenvalue weighted by molar-refractivity contribution is 5.82. The fourth-order valence-electron chi connectivity index (χ4n) is 1.71. The van der Waals surface area contributed by atoms with Gasteiger partial charge in [-0.2, -0.15) is 0 Å². The topological polar surface area (TPSA) is 79.5 Å². The van der Waals surface area contributed by atoms with Crippen molar-refractivity contribution in [3.63, 3.8) is 0 Å². The van der Waals surface area contributed by atoms with E-state index in [2.05, 4.69) is 15.6 Å². The number of nitrogens with two attached hydrogens (primary N) is 1. The Morgan fingerprint density at radius 2 is 2.09 bits per heavy atom. The van der Waals surface area contributed by atoms with Crippen LogP contribution in [0.1, 0.15) is 26.3 Å². The first kappa shape index (κ1) is 17.9. The second kappa shape index (κ2) is 8.36. The minimum atomic E-state index is -0.690. The number of amides is 1. The largest absolute Gasteiger partial charge is 0.369 e. The summed E-state index contributed by atoms with van der Waals surface area (Å²) in [6.07, 6.45) is 0.682. The predicted molar refractivity (Wildman–Crippen MR) is 87.1 cm³/mol. The number of guanidine groups is 1. The Morgan fingerprint density at radius 3 is 2.68 bits per heavy atom. The van der Waals surface area contributed by atoms with E-state index in [0.29, 0.717) is 32.0 Å². The van der Waals surface area contributed by atoms with Gasteiger partial charge in [0.1, 0.15) is 5.82 Å². The number of primary amides is 1. The van der Waals surface area contributed by atoms with Gasteiger partial charge in [0.25, 0.3) is 0 Å². The van der Waals surface area contributed by atoms with Crippen molar-refractivity contribution in [2.24, 2.45) is 16.1 Å². The van der Waals surface area contributed by atoms with E-state index in [-0.39, 0.29) is 11.7 Å². The van der Waals surface area contributed by atoms with Crippen molar-refractivity contribution in [3.05, 3.63) is 35.6 Å². The zero-order valence-corrected chi connectivity index (χ0v) is 13.4. The summed E-state index contributed by atoms with van der Waals surface area (Å²) < 4.78 is 13.1. The van der Waals surface area contributed by atoms with Crippen LogP contribution in [0, 0.1) is 11.2 Å². The molecular weight excluding hydrogens is 283 g/mol. The fourth-order valence-corrected chi connectivity index (χ4v) is 1.71. The number of carbonyl (C=O) groups excluding carboxylic acids is 1. The molecule has 0 spiro atoms. The van der Waals surface area contributed by atoms with E-state index in [0.717, 1.165) is 5.56 Å². The highest BCUT2D eigenvalue weighted by atomic mass is 19.1. The monoisotopic (exact) mass is 308 g/mol. The van der Waals surface area contributed by atoms with Crippen LogP contribution in [0.25, 0.3) is 0 Å². The Morgan fingerprint density at radius 1 is 1.36 bits per heavy atom. The highest BCUT2D eigenvalue weighted by Gasteiger charge is 2.24. The predicted octanol–water partition coefficient (Wildman–Crippen LogP) is 1.43. The molecule has 1 amide bonds. The molecule has 0 saturated carbocycles. The minimum Gasteiger partial charge on any atom is -0.369 e. The maximum absolute atomic E-state index is 13.1. The molecule has 122 valence electrons. The van der Waals surface area contributed by atoms with Crippen molar-refractivity contribution >= 4 is 11.9 Å². The summed E-state index contributed by atoms with van der Waals surface area (Å²) in [5.41, 5.74) is 5.56.